The molecular formula is C22H19N3O3S. The highest BCUT2D eigenvalue weighted by molar-refractivity contribution is 7.89. The maximum atomic E-state index is 12.9. The number of carbonyl (C=O) groups excluding carboxylic acids is 1. The van der Waals surface area contributed by atoms with E-state index in [-0.39, 0.29) is 17.2 Å². The molecule has 0 spiro atoms. The number of fused-ring (bicyclic) bond motifs is 1. The lowest BCUT2D eigenvalue weighted by molar-refractivity contribution is 0.0972. The zero-order valence-corrected chi connectivity index (χ0v) is 16.3. The fourth-order valence-corrected chi connectivity index (χ4v) is 3.80. The lowest BCUT2D eigenvalue weighted by Crippen LogP contribution is -2.15. The molecule has 0 aliphatic carbocycles. The van der Waals surface area contributed by atoms with Crippen LogP contribution in [-0.4, -0.2) is 23.8 Å². The number of nitrogens with two attached hydrogens (primary N) is 1. The Labute approximate surface area is 168 Å². The van der Waals surface area contributed by atoms with Gasteiger partial charge in [0.05, 0.1) is 22.5 Å². The number of carbonyl (C=O) groups is 1. The van der Waals surface area contributed by atoms with Crippen molar-refractivity contribution in [3.05, 3.63) is 95.8 Å². The van der Waals surface area contributed by atoms with E-state index in [2.05, 4.69) is 0 Å². The number of sulfonamides is 1. The number of benzene rings is 3. The predicted molar refractivity (Wildman–Crippen MR) is 111 cm³/mol. The van der Waals surface area contributed by atoms with E-state index in [1.165, 1.54) is 24.3 Å². The molecule has 6 nitrogen and oxygen atoms in total. The van der Waals surface area contributed by atoms with Gasteiger partial charge in [-0.05, 0) is 42.0 Å². The summed E-state index contributed by atoms with van der Waals surface area (Å²) in [5, 5.41) is 5.12. The van der Waals surface area contributed by atoms with Crippen molar-refractivity contribution < 1.29 is 13.2 Å². The highest BCUT2D eigenvalue weighted by atomic mass is 32.2. The molecule has 1 aromatic heterocycles. The third kappa shape index (κ3) is 4.11. The number of rotatable bonds is 6. The number of hydrogen-bond acceptors (Lipinski definition) is 4. The highest BCUT2D eigenvalue weighted by Gasteiger charge is 2.16. The molecular weight excluding hydrogens is 386 g/mol. The first-order chi connectivity index (χ1) is 13.9. The SMILES string of the molecule is NS(=O)(=O)c1ccc(C(=O)Cn2c(Cc3ccccc3)nc3ccccc32)cc1. The van der Waals surface area contributed by atoms with Gasteiger partial charge in [-0.25, -0.2) is 18.5 Å². The van der Waals surface area contributed by atoms with E-state index in [4.69, 9.17) is 10.1 Å². The summed E-state index contributed by atoms with van der Waals surface area (Å²) in [7, 11) is -3.79. The standard InChI is InChI=1S/C22H19N3O3S/c23-29(27,28)18-12-10-17(11-13-18)21(26)15-25-20-9-5-4-8-19(20)24-22(25)14-16-6-2-1-3-7-16/h1-13H,14-15H2,(H2,23,27,28). The summed E-state index contributed by atoms with van der Waals surface area (Å²) in [6.07, 6.45) is 0.604. The molecule has 0 atom stereocenters. The van der Waals surface area contributed by atoms with Crippen molar-refractivity contribution in [2.45, 2.75) is 17.9 Å². The average Bonchev–Trinajstić information content (AvgIpc) is 3.05. The Morgan fingerprint density at radius 2 is 1.55 bits per heavy atom. The molecule has 4 rings (SSSR count). The van der Waals surface area contributed by atoms with Gasteiger partial charge in [-0.2, -0.15) is 0 Å². The van der Waals surface area contributed by atoms with Gasteiger partial charge in [0.25, 0.3) is 0 Å². The number of ketones is 1. The van der Waals surface area contributed by atoms with E-state index in [0.29, 0.717) is 12.0 Å². The van der Waals surface area contributed by atoms with Crippen LogP contribution in [0.5, 0.6) is 0 Å². The largest absolute Gasteiger partial charge is 0.320 e. The number of Topliss-reactive ketones (excluding diaryl/α,β-unsaturated/α-hetero) is 1. The maximum Gasteiger partial charge on any atom is 0.238 e. The monoisotopic (exact) mass is 405 g/mol. The quantitative estimate of drug-likeness (QED) is 0.499. The van der Waals surface area contributed by atoms with Gasteiger partial charge in [-0.3, -0.25) is 4.79 Å². The van der Waals surface area contributed by atoms with E-state index in [9.17, 15) is 13.2 Å². The Bertz CT molecular complexity index is 1280. The molecule has 1 heterocycles. The van der Waals surface area contributed by atoms with Crippen LogP contribution in [0, 0.1) is 0 Å². The third-order valence-electron chi connectivity index (χ3n) is 4.75. The Morgan fingerprint density at radius 1 is 0.897 bits per heavy atom. The van der Waals surface area contributed by atoms with Gasteiger partial charge in [-0.1, -0.05) is 42.5 Å². The van der Waals surface area contributed by atoms with Crippen molar-refractivity contribution in [3.8, 4) is 0 Å². The van der Waals surface area contributed by atoms with Crippen LogP contribution in [0.4, 0.5) is 0 Å². The Morgan fingerprint density at radius 3 is 2.24 bits per heavy atom. The van der Waals surface area contributed by atoms with E-state index < -0.39 is 10.0 Å². The van der Waals surface area contributed by atoms with Crippen LogP contribution in [0.1, 0.15) is 21.7 Å². The molecule has 0 saturated heterocycles. The summed E-state index contributed by atoms with van der Waals surface area (Å²) in [6, 6.07) is 23.3. The van der Waals surface area contributed by atoms with Gasteiger partial charge < -0.3 is 4.57 Å². The first kappa shape index (κ1) is 19.0. The maximum absolute atomic E-state index is 12.9. The van der Waals surface area contributed by atoms with Gasteiger partial charge in [0, 0.05) is 12.0 Å². The van der Waals surface area contributed by atoms with Gasteiger partial charge >= 0.3 is 0 Å². The van der Waals surface area contributed by atoms with E-state index in [1.54, 1.807) is 0 Å². The topological polar surface area (TPSA) is 95.0 Å². The number of nitrogens with zero attached hydrogens (tertiary/aromatic N) is 2. The predicted octanol–water partition coefficient (Wildman–Crippen LogP) is 3.16. The third-order valence-corrected chi connectivity index (χ3v) is 5.67. The van der Waals surface area contributed by atoms with Crippen LogP contribution in [0.3, 0.4) is 0 Å². The second-order valence-electron chi connectivity index (χ2n) is 6.76. The fourth-order valence-electron chi connectivity index (χ4n) is 3.28. The van der Waals surface area contributed by atoms with Crippen molar-refractivity contribution in [2.75, 3.05) is 0 Å². The summed E-state index contributed by atoms with van der Waals surface area (Å²) in [6.45, 7) is 0.109. The second-order valence-corrected chi connectivity index (χ2v) is 8.32. The Kier molecular flexibility index (Phi) is 5.00. The van der Waals surface area contributed by atoms with Crippen molar-refractivity contribution in [2.24, 2.45) is 5.14 Å². The number of hydrogen-bond donors (Lipinski definition) is 1. The highest BCUT2D eigenvalue weighted by Crippen LogP contribution is 2.20. The van der Waals surface area contributed by atoms with Crippen molar-refractivity contribution in [1.29, 1.82) is 0 Å². The molecule has 0 aliphatic heterocycles. The minimum atomic E-state index is -3.79. The number of primary sulfonamides is 1. The van der Waals surface area contributed by atoms with E-state index in [0.717, 1.165) is 22.4 Å². The summed E-state index contributed by atoms with van der Waals surface area (Å²) in [4.78, 5) is 17.6. The van der Waals surface area contributed by atoms with E-state index in [1.807, 2.05) is 59.2 Å². The molecule has 146 valence electrons. The molecule has 0 aliphatic rings. The summed E-state index contributed by atoms with van der Waals surface area (Å²) in [5.74, 6) is 0.662. The minimum absolute atomic E-state index is 0.0214. The molecule has 4 aromatic rings. The molecule has 2 N–H and O–H groups in total. The zero-order chi connectivity index (χ0) is 20.4. The summed E-state index contributed by atoms with van der Waals surface area (Å²) >= 11 is 0. The van der Waals surface area contributed by atoms with Crippen molar-refractivity contribution >= 4 is 26.8 Å². The minimum Gasteiger partial charge on any atom is -0.320 e. The van der Waals surface area contributed by atoms with Gasteiger partial charge in [0.1, 0.15) is 5.82 Å². The van der Waals surface area contributed by atoms with Gasteiger partial charge in [0.15, 0.2) is 5.78 Å². The molecule has 0 amide bonds. The fraction of sp³-hybridized carbons (Fsp3) is 0.0909. The molecule has 7 heteroatoms. The van der Waals surface area contributed by atoms with Crippen LogP contribution in [0.25, 0.3) is 11.0 Å². The van der Waals surface area contributed by atoms with Crippen LogP contribution in [-0.2, 0) is 23.0 Å². The first-order valence-corrected chi connectivity index (χ1v) is 10.6. The van der Waals surface area contributed by atoms with Gasteiger partial charge in [-0.15, -0.1) is 0 Å². The summed E-state index contributed by atoms with van der Waals surface area (Å²) < 4.78 is 24.7. The van der Waals surface area contributed by atoms with Crippen LogP contribution in [0.2, 0.25) is 0 Å². The lowest BCUT2D eigenvalue weighted by Gasteiger charge is -2.09. The van der Waals surface area contributed by atoms with Crippen molar-refractivity contribution in [1.82, 2.24) is 9.55 Å². The van der Waals surface area contributed by atoms with E-state index >= 15 is 0 Å². The first-order valence-electron chi connectivity index (χ1n) is 9.06. The average molecular weight is 405 g/mol. The Hall–Kier alpha value is -3.29. The molecule has 0 unspecified atom stereocenters. The molecule has 0 fully saturated rings. The molecule has 0 bridgehead atoms. The molecule has 29 heavy (non-hydrogen) atoms. The molecule has 0 saturated carbocycles. The zero-order valence-electron chi connectivity index (χ0n) is 15.5. The molecule has 0 radical (unpaired) electrons. The smallest absolute Gasteiger partial charge is 0.238 e. The van der Waals surface area contributed by atoms with Crippen LogP contribution >= 0.6 is 0 Å². The van der Waals surface area contributed by atoms with Crippen molar-refractivity contribution in [3.63, 3.8) is 0 Å². The Balaban J connectivity index is 1.67. The lowest BCUT2D eigenvalue weighted by atomic mass is 10.1. The van der Waals surface area contributed by atoms with Crippen LogP contribution in [0.15, 0.2) is 83.8 Å². The van der Waals surface area contributed by atoms with Crippen LogP contribution < -0.4 is 5.14 Å². The second kappa shape index (κ2) is 7.62. The summed E-state index contributed by atoms with van der Waals surface area (Å²) in [5.41, 5.74) is 3.23. The number of aromatic nitrogens is 2. The molecule has 3 aromatic carbocycles. The number of para-hydroxylation sites is 2. The van der Waals surface area contributed by atoms with Gasteiger partial charge in [0.2, 0.25) is 10.0 Å². The normalized spacial score (nSPS) is 11.6. The number of imidazole rings is 1.